The van der Waals surface area contributed by atoms with Gasteiger partial charge in [-0.05, 0) is 24.3 Å². The zero-order valence-corrected chi connectivity index (χ0v) is 19.1. The van der Waals surface area contributed by atoms with Gasteiger partial charge in [0.05, 0.1) is 15.4 Å². The average molecular weight is 514 g/mol. The van der Waals surface area contributed by atoms with Crippen LogP contribution in [0.5, 0.6) is 5.75 Å². The van der Waals surface area contributed by atoms with Crippen LogP contribution in [0.2, 0.25) is 15.1 Å². The van der Waals surface area contributed by atoms with Gasteiger partial charge in [-0.3, -0.25) is 14.4 Å². The van der Waals surface area contributed by atoms with Crippen LogP contribution in [0.1, 0.15) is 17.0 Å². The number of hydrogen-bond donors (Lipinski definition) is 2. The van der Waals surface area contributed by atoms with E-state index in [9.17, 15) is 18.8 Å². The molecular formula is C22H16Cl3FN2O5. The van der Waals surface area contributed by atoms with E-state index in [0.29, 0.717) is 0 Å². The third-order valence-electron chi connectivity index (χ3n) is 4.27. The second-order valence-corrected chi connectivity index (χ2v) is 8.01. The van der Waals surface area contributed by atoms with Crippen LogP contribution in [0.15, 0.2) is 57.9 Å². The van der Waals surface area contributed by atoms with Gasteiger partial charge in [0.15, 0.2) is 23.4 Å². The van der Waals surface area contributed by atoms with Crippen molar-refractivity contribution in [2.75, 3.05) is 13.2 Å². The van der Waals surface area contributed by atoms with Gasteiger partial charge in [0.25, 0.3) is 11.8 Å². The molecule has 3 rings (SSSR count). The second kappa shape index (κ2) is 10.7. The van der Waals surface area contributed by atoms with Gasteiger partial charge in [-0.2, -0.15) is 0 Å². The lowest BCUT2D eigenvalue weighted by Crippen LogP contribution is -2.31. The highest BCUT2D eigenvalue weighted by Crippen LogP contribution is 2.26. The minimum Gasteiger partial charge on any atom is -0.484 e. The van der Waals surface area contributed by atoms with E-state index in [0.717, 1.165) is 12.1 Å². The number of fused-ring (bicyclic) bond motifs is 1. The molecule has 0 bridgehead atoms. The van der Waals surface area contributed by atoms with E-state index in [2.05, 4.69) is 17.2 Å². The minimum atomic E-state index is -0.704. The predicted octanol–water partition coefficient (Wildman–Crippen LogP) is 4.72. The Kier molecular flexibility index (Phi) is 7.97. The molecule has 3 aromatic rings. The van der Waals surface area contributed by atoms with Gasteiger partial charge in [-0.15, -0.1) is 0 Å². The Labute approximate surface area is 202 Å². The summed E-state index contributed by atoms with van der Waals surface area (Å²) in [4.78, 5) is 36.6. The smallest absolute Gasteiger partial charge is 0.291 e. The first-order valence-electron chi connectivity index (χ1n) is 9.40. The SMILES string of the molecule is C=C(CCNC(=O)COc1ccc(Cl)c(F)c1)NC(=O)c1cc(=O)c2cc(Cl)cc(Cl)c2o1. The average Bonchev–Trinajstić information content (AvgIpc) is 2.75. The maximum absolute atomic E-state index is 13.4. The fourth-order valence-corrected chi connectivity index (χ4v) is 3.35. The Bertz CT molecular complexity index is 1310. The summed E-state index contributed by atoms with van der Waals surface area (Å²) >= 11 is 17.5. The van der Waals surface area contributed by atoms with Gasteiger partial charge in [0, 0.05) is 35.8 Å². The maximum Gasteiger partial charge on any atom is 0.291 e. The highest BCUT2D eigenvalue weighted by molar-refractivity contribution is 6.38. The molecule has 0 spiro atoms. The molecule has 0 atom stereocenters. The summed E-state index contributed by atoms with van der Waals surface area (Å²) < 4.78 is 24.0. The number of benzene rings is 2. The Morgan fingerprint density at radius 1 is 1.09 bits per heavy atom. The third-order valence-corrected chi connectivity index (χ3v) is 5.08. The van der Waals surface area contributed by atoms with Crippen LogP contribution in [0, 0.1) is 5.82 Å². The molecule has 172 valence electrons. The van der Waals surface area contributed by atoms with E-state index in [1.807, 2.05) is 0 Å². The Balaban J connectivity index is 1.49. The number of hydrogen-bond acceptors (Lipinski definition) is 5. The number of nitrogens with one attached hydrogen (secondary N) is 2. The van der Waals surface area contributed by atoms with Gasteiger partial charge >= 0.3 is 0 Å². The van der Waals surface area contributed by atoms with Crippen LogP contribution >= 0.6 is 34.8 Å². The molecule has 0 aliphatic heterocycles. The topological polar surface area (TPSA) is 97.6 Å². The third kappa shape index (κ3) is 6.47. The highest BCUT2D eigenvalue weighted by Gasteiger charge is 2.16. The number of rotatable bonds is 8. The van der Waals surface area contributed by atoms with Crippen molar-refractivity contribution >= 4 is 57.6 Å². The van der Waals surface area contributed by atoms with E-state index in [1.165, 1.54) is 24.3 Å². The molecule has 11 heteroatoms. The summed E-state index contributed by atoms with van der Waals surface area (Å²) in [6, 6.07) is 7.63. The molecule has 0 saturated heterocycles. The van der Waals surface area contributed by atoms with E-state index >= 15 is 0 Å². The molecule has 2 N–H and O–H groups in total. The molecule has 1 heterocycles. The number of amides is 2. The van der Waals surface area contributed by atoms with Crippen LogP contribution in [-0.2, 0) is 4.79 Å². The summed E-state index contributed by atoms with van der Waals surface area (Å²) in [6.07, 6.45) is 0.196. The van der Waals surface area contributed by atoms with Crippen molar-refractivity contribution in [3.05, 3.63) is 85.5 Å². The van der Waals surface area contributed by atoms with Crippen molar-refractivity contribution < 1.29 is 23.1 Å². The van der Waals surface area contributed by atoms with Crippen molar-refractivity contribution in [2.45, 2.75) is 6.42 Å². The number of ether oxygens (including phenoxy) is 1. The number of carbonyl (C=O) groups is 2. The van der Waals surface area contributed by atoms with Crippen molar-refractivity contribution in [1.29, 1.82) is 0 Å². The lowest BCUT2D eigenvalue weighted by Gasteiger charge is -2.10. The summed E-state index contributed by atoms with van der Waals surface area (Å²) in [7, 11) is 0. The molecule has 1 aromatic heterocycles. The normalized spacial score (nSPS) is 10.7. The standard InChI is InChI=1S/C22H16Cl3FN2O5/c1-11(4-5-27-20(30)10-32-13-2-3-15(24)17(26)8-13)28-22(31)19-9-18(29)14-6-12(23)7-16(25)21(14)33-19/h2-3,6-9H,1,4-5,10H2,(H,27,30)(H,28,31). The van der Waals surface area contributed by atoms with Gasteiger partial charge < -0.3 is 19.8 Å². The van der Waals surface area contributed by atoms with E-state index < -0.39 is 23.1 Å². The first-order chi connectivity index (χ1) is 15.6. The van der Waals surface area contributed by atoms with Crippen molar-refractivity contribution in [3.63, 3.8) is 0 Å². The van der Waals surface area contributed by atoms with Crippen LogP contribution in [0.4, 0.5) is 4.39 Å². The summed E-state index contributed by atoms with van der Waals surface area (Å²) in [5.74, 6) is -1.92. The maximum atomic E-state index is 13.4. The first kappa shape index (κ1) is 24.6. The fourth-order valence-electron chi connectivity index (χ4n) is 2.70. The lowest BCUT2D eigenvalue weighted by atomic mass is 10.2. The highest BCUT2D eigenvalue weighted by atomic mass is 35.5. The van der Waals surface area contributed by atoms with Gasteiger partial charge in [0.2, 0.25) is 0 Å². The monoisotopic (exact) mass is 512 g/mol. The van der Waals surface area contributed by atoms with Crippen molar-refractivity contribution in [3.8, 4) is 5.75 Å². The minimum absolute atomic E-state index is 0.0390. The molecule has 0 aliphatic rings. The molecule has 2 amide bonds. The molecular weight excluding hydrogens is 498 g/mol. The molecule has 2 aromatic carbocycles. The predicted molar refractivity (Wildman–Crippen MR) is 124 cm³/mol. The quantitative estimate of drug-likeness (QED) is 0.454. The van der Waals surface area contributed by atoms with Crippen LogP contribution in [-0.4, -0.2) is 25.0 Å². The summed E-state index contributed by atoms with van der Waals surface area (Å²) in [5, 5.41) is 5.51. The fraction of sp³-hybridized carbons (Fsp3) is 0.136. The number of carbonyl (C=O) groups excluding carboxylic acids is 2. The molecule has 7 nitrogen and oxygen atoms in total. The molecule has 0 saturated carbocycles. The van der Waals surface area contributed by atoms with Crippen LogP contribution < -0.4 is 20.8 Å². The summed E-state index contributed by atoms with van der Waals surface area (Å²) in [6.45, 7) is 3.51. The Morgan fingerprint density at radius 3 is 2.58 bits per heavy atom. The number of halogens is 4. The van der Waals surface area contributed by atoms with Crippen molar-refractivity contribution in [2.24, 2.45) is 0 Å². The molecule has 0 radical (unpaired) electrons. The zero-order valence-electron chi connectivity index (χ0n) is 16.8. The summed E-state index contributed by atoms with van der Waals surface area (Å²) in [5.41, 5.74) is -0.174. The van der Waals surface area contributed by atoms with Crippen LogP contribution in [0.25, 0.3) is 11.0 Å². The zero-order chi connectivity index (χ0) is 24.1. The Morgan fingerprint density at radius 2 is 1.85 bits per heavy atom. The van der Waals surface area contributed by atoms with Crippen LogP contribution in [0.3, 0.4) is 0 Å². The molecule has 0 fully saturated rings. The first-order valence-corrected chi connectivity index (χ1v) is 10.5. The Hall–Kier alpha value is -3.07. The molecule has 0 aliphatic carbocycles. The lowest BCUT2D eigenvalue weighted by molar-refractivity contribution is -0.123. The largest absolute Gasteiger partial charge is 0.484 e. The van der Waals surface area contributed by atoms with E-state index in [-0.39, 0.29) is 62.8 Å². The van der Waals surface area contributed by atoms with E-state index in [1.54, 1.807) is 0 Å². The van der Waals surface area contributed by atoms with Crippen molar-refractivity contribution in [1.82, 2.24) is 10.6 Å². The molecule has 0 unspecified atom stereocenters. The second-order valence-electron chi connectivity index (χ2n) is 6.76. The molecule has 33 heavy (non-hydrogen) atoms. The van der Waals surface area contributed by atoms with Gasteiger partial charge in [-0.1, -0.05) is 41.4 Å². The van der Waals surface area contributed by atoms with Gasteiger partial charge in [0.1, 0.15) is 11.6 Å². The van der Waals surface area contributed by atoms with Gasteiger partial charge in [-0.25, -0.2) is 4.39 Å². The van der Waals surface area contributed by atoms with E-state index in [4.69, 9.17) is 44.0 Å².